The van der Waals surface area contributed by atoms with Crippen molar-refractivity contribution in [2.45, 2.75) is 6.42 Å². The second-order valence-electron chi connectivity index (χ2n) is 5.81. The summed E-state index contributed by atoms with van der Waals surface area (Å²) in [5.41, 5.74) is 2.95. The molecule has 140 valence electrons. The Balaban J connectivity index is 1.40. The molecule has 0 aliphatic heterocycles. The number of hydrogen-bond donors (Lipinski definition) is 1. The summed E-state index contributed by atoms with van der Waals surface area (Å²) in [6.07, 6.45) is 1.70. The van der Waals surface area contributed by atoms with E-state index in [1.165, 1.54) is 34.5 Å². The van der Waals surface area contributed by atoms with Crippen molar-refractivity contribution in [2.24, 2.45) is 0 Å². The lowest BCUT2D eigenvalue weighted by Crippen LogP contribution is -2.14. The van der Waals surface area contributed by atoms with E-state index in [0.717, 1.165) is 11.3 Å². The fourth-order valence-electron chi connectivity index (χ4n) is 2.51. The zero-order valence-electron chi connectivity index (χ0n) is 14.2. The molecule has 0 bridgehead atoms. The highest BCUT2D eigenvalue weighted by Crippen LogP contribution is 2.28. The number of hydrogen-bond acceptors (Lipinski definition) is 6. The number of carbonyl (C=O) groups is 1. The van der Waals surface area contributed by atoms with Crippen LogP contribution < -0.4 is 5.32 Å². The number of anilines is 1. The number of tetrazole rings is 1. The molecule has 0 aliphatic carbocycles. The van der Waals surface area contributed by atoms with E-state index in [-0.39, 0.29) is 17.4 Å². The second-order valence-corrected chi connectivity index (χ2v) is 7.08. The second kappa shape index (κ2) is 7.83. The number of thiazole rings is 1. The van der Waals surface area contributed by atoms with Crippen LogP contribution in [0.4, 0.5) is 9.52 Å². The SMILES string of the molecule is O=C(Cc1ccc(-n2cnnn2)cc1)Nc1nc(-c2ccc(F)c(Cl)c2)cs1. The van der Waals surface area contributed by atoms with Crippen LogP contribution in [0.3, 0.4) is 0 Å². The molecule has 1 amide bonds. The molecular weight excluding hydrogens is 403 g/mol. The summed E-state index contributed by atoms with van der Waals surface area (Å²) in [5.74, 6) is -0.673. The molecule has 0 saturated carbocycles. The highest BCUT2D eigenvalue weighted by Gasteiger charge is 2.10. The number of amides is 1. The van der Waals surface area contributed by atoms with Gasteiger partial charge in [0.05, 0.1) is 22.8 Å². The first-order valence-electron chi connectivity index (χ1n) is 8.11. The molecule has 0 saturated heterocycles. The average Bonchev–Trinajstić information content (AvgIpc) is 3.37. The summed E-state index contributed by atoms with van der Waals surface area (Å²) >= 11 is 7.10. The van der Waals surface area contributed by atoms with Crippen molar-refractivity contribution >= 4 is 34.0 Å². The van der Waals surface area contributed by atoms with Gasteiger partial charge >= 0.3 is 0 Å². The van der Waals surface area contributed by atoms with Crippen molar-refractivity contribution in [2.75, 3.05) is 5.32 Å². The molecule has 0 radical (unpaired) electrons. The van der Waals surface area contributed by atoms with Gasteiger partial charge in [0.2, 0.25) is 5.91 Å². The normalized spacial score (nSPS) is 10.8. The van der Waals surface area contributed by atoms with E-state index in [9.17, 15) is 9.18 Å². The number of nitrogens with one attached hydrogen (secondary N) is 1. The van der Waals surface area contributed by atoms with Crippen LogP contribution in [0.25, 0.3) is 16.9 Å². The van der Waals surface area contributed by atoms with Crippen LogP contribution in [0.1, 0.15) is 5.56 Å². The van der Waals surface area contributed by atoms with Gasteiger partial charge in [-0.1, -0.05) is 23.7 Å². The molecule has 0 fully saturated rings. The molecule has 28 heavy (non-hydrogen) atoms. The standard InChI is InChI=1S/C18H12ClFN6OS/c19-14-8-12(3-6-15(14)20)16-9-28-18(22-16)23-17(27)7-11-1-4-13(5-2-11)26-10-21-24-25-26/h1-6,8-10H,7H2,(H,22,23,27). The average molecular weight is 415 g/mol. The van der Waals surface area contributed by atoms with Gasteiger partial charge < -0.3 is 5.32 Å². The summed E-state index contributed by atoms with van der Waals surface area (Å²) in [6, 6.07) is 11.7. The predicted octanol–water partition coefficient (Wildman–Crippen LogP) is 3.76. The molecule has 7 nitrogen and oxygen atoms in total. The van der Waals surface area contributed by atoms with Gasteiger partial charge in [-0.3, -0.25) is 4.79 Å². The molecule has 0 aliphatic rings. The zero-order valence-corrected chi connectivity index (χ0v) is 15.8. The topological polar surface area (TPSA) is 85.6 Å². The van der Waals surface area contributed by atoms with Crippen LogP contribution in [0.2, 0.25) is 5.02 Å². The van der Waals surface area contributed by atoms with Crippen molar-refractivity contribution in [3.63, 3.8) is 0 Å². The summed E-state index contributed by atoms with van der Waals surface area (Å²) in [7, 11) is 0. The van der Waals surface area contributed by atoms with Gasteiger partial charge in [0.1, 0.15) is 12.1 Å². The third-order valence-electron chi connectivity index (χ3n) is 3.88. The largest absolute Gasteiger partial charge is 0.302 e. The summed E-state index contributed by atoms with van der Waals surface area (Å²) < 4.78 is 14.8. The third-order valence-corrected chi connectivity index (χ3v) is 4.93. The smallest absolute Gasteiger partial charge is 0.230 e. The van der Waals surface area contributed by atoms with Crippen molar-refractivity contribution in [3.8, 4) is 16.9 Å². The molecular formula is C18H12ClFN6OS. The van der Waals surface area contributed by atoms with Crippen molar-refractivity contribution in [1.29, 1.82) is 0 Å². The van der Waals surface area contributed by atoms with E-state index < -0.39 is 5.82 Å². The van der Waals surface area contributed by atoms with E-state index >= 15 is 0 Å². The molecule has 10 heteroatoms. The molecule has 4 aromatic rings. The lowest BCUT2D eigenvalue weighted by molar-refractivity contribution is -0.115. The van der Waals surface area contributed by atoms with Crippen LogP contribution >= 0.6 is 22.9 Å². The maximum atomic E-state index is 13.3. The lowest BCUT2D eigenvalue weighted by Gasteiger charge is -2.04. The monoisotopic (exact) mass is 414 g/mol. The highest BCUT2D eigenvalue weighted by atomic mass is 35.5. The number of benzene rings is 2. The van der Waals surface area contributed by atoms with Gasteiger partial charge in [0.15, 0.2) is 5.13 Å². The van der Waals surface area contributed by atoms with Crippen LogP contribution in [0.5, 0.6) is 0 Å². The van der Waals surface area contributed by atoms with Gasteiger partial charge in [-0.05, 0) is 46.3 Å². The Morgan fingerprint density at radius 2 is 2.04 bits per heavy atom. The highest BCUT2D eigenvalue weighted by molar-refractivity contribution is 7.14. The first-order chi connectivity index (χ1) is 13.6. The van der Waals surface area contributed by atoms with E-state index in [1.54, 1.807) is 11.4 Å². The Bertz CT molecular complexity index is 1110. The lowest BCUT2D eigenvalue weighted by atomic mass is 10.1. The summed E-state index contributed by atoms with van der Waals surface area (Å²) in [6.45, 7) is 0. The number of aromatic nitrogens is 5. The van der Waals surface area contributed by atoms with Gasteiger partial charge in [0, 0.05) is 10.9 Å². The number of nitrogens with zero attached hydrogens (tertiary/aromatic N) is 5. The zero-order chi connectivity index (χ0) is 19.5. The number of rotatable bonds is 5. The molecule has 2 aromatic carbocycles. The van der Waals surface area contributed by atoms with Crippen molar-refractivity contribution in [3.05, 3.63) is 70.6 Å². The van der Waals surface area contributed by atoms with Gasteiger partial charge in [-0.25, -0.2) is 14.1 Å². The van der Waals surface area contributed by atoms with Gasteiger partial charge in [-0.15, -0.1) is 16.4 Å². The predicted molar refractivity (Wildman–Crippen MR) is 104 cm³/mol. The summed E-state index contributed by atoms with van der Waals surface area (Å²) in [4.78, 5) is 16.6. The van der Waals surface area contributed by atoms with Crippen LogP contribution in [-0.4, -0.2) is 31.1 Å². The van der Waals surface area contributed by atoms with Crippen molar-refractivity contribution in [1.82, 2.24) is 25.2 Å². The van der Waals surface area contributed by atoms with Crippen LogP contribution in [0, 0.1) is 5.82 Å². The molecule has 2 aromatic heterocycles. The fourth-order valence-corrected chi connectivity index (χ4v) is 3.43. The maximum absolute atomic E-state index is 13.3. The number of halogens is 2. The Labute approximate surface area is 167 Å². The summed E-state index contributed by atoms with van der Waals surface area (Å²) in [5, 5.41) is 16.0. The minimum Gasteiger partial charge on any atom is -0.302 e. The van der Waals surface area contributed by atoms with Crippen LogP contribution in [-0.2, 0) is 11.2 Å². The molecule has 1 N–H and O–H groups in total. The minimum atomic E-state index is -0.486. The van der Waals surface area contributed by atoms with E-state index in [1.807, 2.05) is 24.3 Å². The molecule has 4 rings (SSSR count). The molecule has 0 atom stereocenters. The van der Waals surface area contributed by atoms with Crippen molar-refractivity contribution < 1.29 is 9.18 Å². The quantitative estimate of drug-likeness (QED) is 0.537. The first-order valence-corrected chi connectivity index (χ1v) is 9.37. The Morgan fingerprint density at radius 3 is 2.75 bits per heavy atom. The molecule has 2 heterocycles. The van der Waals surface area contributed by atoms with E-state index in [2.05, 4.69) is 25.8 Å². The number of carbonyl (C=O) groups excluding carboxylic acids is 1. The van der Waals surface area contributed by atoms with Gasteiger partial charge in [0.25, 0.3) is 0 Å². The maximum Gasteiger partial charge on any atom is 0.230 e. The first kappa shape index (κ1) is 18.2. The third kappa shape index (κ3) is 4.05. The molecule has 0 spiro atoms. The Kier molecular flexibility index (Phi) is 5.09. The van der Waals surface area contributed by atoms with Crippen LogP contribution in [0.15, 0.2) is 54.2 Å². The van der Waals surface area contributed by atoms with E-state index in [0.29, 0.717) is 16.4 Å². The Morgan fingerprint density at radius 1 is 1.21 bits per heavy atom. The fraction of sp³-hybridized carbons (Fsp3) is 0.0556. The Hall–Kier alpha value is -3.17. The molecule has 0 unspecified atom stereocenters. The van der Waals surface area contributed by atoms with Gasteiger partial charge in [-0.2, -0.15) is 0 Å². The minimum absolute atomic E-state index is 0.0289. The van der Waals surface area contributed by atoms with E-state index in [4.69, 9.17) is 11.6 Å².